The van der Waals surface area contributed by atoms with E-state index in [2.05, 4.69) is 19.1 Å². The maximum absolute atomic E-state index is 11.9. The van der Waals surface area contributed by atoms with E-state index in [0.717, 1.165) is 19.3 Å². The topological polar surface area (TPSA) is 34.1 Å². The molecule has 0 aromatic heterocycles. The Morgan fingerprint density at radius 3 is 1.56 bits per heavy atom. The van der Waals surface area contributed by atoms with Crippen molar-refractivity contribution in [1.29, 1.82) is 0 Å². The highest BCUT2D eigenvalue weighted by Crippen LogP contribution is 2.42. The Kier molecular flexibility index (Phi) is 15.3. The molecule has 0 fully saturated rings. The summed E-state index contributed by atoms with van der Waals surface area (Å²) in [5.74, 6) is 0. The maximum atomic E-state index is 11.9. The summed E-state index contributed by atoms with van der Waals surface area (Å²) in [7, 11) is 3.56. The van der Waals surface area contributed by atoms with Crippen molar-refractivity contribution in [3.05, 3.63) is 12.2 Å². The first kappa shape index (κ1) is 26.6. The van der Waals surface area contributed by atoms with Crippen LogP contribution in [-0.2, 0) is 9.13 Å². The molecule has 0 aliphatic carbocycles. The third kappa shape index (κ3) is 11.3. The zero-order chi connectivity index (χ0) is 20.6. The third-order valence-corrected chi connectivity index (χ3v) is 7.81. The second-order valence-electron chi connectivity index (χ2n) is 8.94. The predicted octanol–water partition coefficient (Wildman–Crippen LogP) is 8.01. The average molecular weight is 401 g/mol. The van der Waals surface area contributed by atoms with E-state index in [-0.39, 0.29) is 0 Å². The van der Waals surface area contributed by atoms with Crippen LogP contribution in [-0.4, -0.2) is 30.9 Å². The van der Waals surface area contributed by atoms with E-state index in [0.29, 0.717) is 10.9 Å². The lowest BCUT2D eigenvalue weighted by molar-refractivity contribution is -0.908. The molecule has 3 nitrogen and oxygen atoms in total. The smallest absolute Gasteiger partial charge is 0.314 e. The fourth-order valence-electron chi connectivity index (χ4n) is 3.94. The normalized spacial score (nSPS) is 14.6. The molecule has 0 rings (SSSR count). The Morgan fingerprint density at radius 2 is 1.15 bits per heavy atom. The fraction of sp³-hybridized carbons (Fsp3) is 0.913. The van der Waals surface area contributed by atoms with E-state index in [1.165, 1.54) is 70.6 Å². The van der Waals surface area contributed by atoms with Crippen LogP contribution in [0.15, 0.2) is 12.2 Å². The van der Waals surface area contributed by atoms with Crippen LogP contribution in [0.4, 0.5) is 0 Å². The lowest BCUT2D eigenvalue weighted by Gasteiger charge is -2.40. The van der Waals surface area contributed by atoms with Gasteiger partial charge in [0.25, 0.3) is 0 Å². The highest BCUT2D eigenvalue weighted by atomic mass is 31.1. The van der Waals surface area contributed by atoms with Gasteiger partial charge in [0, 0.05) is 12.8 Å². The van der Waals surface area contributed by atoms with Crippen LogP contribution in [0, 0.1) is 0 Å². The summed E-state index contributed by atoms with van der Waals surface area (Å²) in [6.45, 7) is 4.27. The van der Waals surface area contributed by atoms with Crippen LogP contribution in [0.2, 0.25) is 0 Å². The van der Waals surface area contributed by atoms with Gasteiger partial charge in [-0.05, 0) is 25.7 Å². The Balaban J connectivity index is 3.75. The highest BCUT2D eigenvalue weighted by molar-refractivity contribution is 7.32. The second kappa shape index (κ2) is 15.5. The average Bonchev–Trinajstić information content (AvgIpc) is 2.60. The van der Waals surface area contributed by atoms with Gasteiger partial charge < -0.3 is 4.48 Å². The quantitative estimate of drug-likeness (QED) is 0.101. The molecule has 0 aliphatic rings. The van der Waals surface area contributed by atoms with Gasteiger partial charge in [0.05, 0.1) is 21.1 Å². The lowest BCUT2D eigenvalue weighted by atomic mass is 10.0. The van der Waals surface area contributed by atoms with E-state index < -0.39 is 13.0 Å². The van der Waals surface area contributed by atoms with E-state index in [1.807, 2.05) is 28.1 Å². The first-order chi connectivity index (χ1) is 12.8. The second-order valence-corrected chi connectivity index (χ2v) is 10.3. The Hall–Kier alpha value is -0.400. The van der Waals surface area contributed by atoms with E-state index in [4.69, 9.17) is 0 Å². The van der Waals surface area contributed by atoms with Gasteiger partial charge in [0.2, 0.25) is 5.28 Å². The van der Waals surface area contributed by atoms with E-state index in [1.54, 1.807) is 0 Å². The molecule has 0 heterocycles. The summed E-state index contributed by atoms with van der Waals surface area (Å²) in [6.07, 6.45) is 22.9. The minimum Gasteiger partial charge on any atom is -0.314 e. The summed E-state index contributed by atoms with van der Waals surface area (Å²) in [5, 5.41) is -0.625. The lowest BCUT2D eigenvalue weighted by Crippen LogP contribution is -2.53. The number of unbranched alkanes of at least 4 members (excludes halogenated alkanes) is 11. The molecule has 0 aromatic carbocycles. The van der Waals surface area contributed by atoms with Gasteiger partial charge in [-0.25, -0.2) is 9.13 Å². The van der Waals surface area contributed by atoms with Gasteiger partial charge in [0.1, 0.15) is 0 Å². The number of quaternary nitrogens is 1. The third-order valence-electron chi connectivity index (χ3n) is 5.99. The number of allylic oxidation sites excluding steroid dienone is 2. The van der Waals surface area contributed by atoms with Crippen LogP contribution < -0.4 is 0 Å². The maximum Gasteiger partial charge on any atom is 0.378 e. The Bertz CT molecular complexity index is 444. The molecule has 1 unspecified atom stereocenters. The zero-order valence-electron chi connectivity index (χ0n) is 19.0. The number of hydrogen-bond donors (Lipinski definition) is 0. The monoisotopic (exact) mass is 400 g/mol. The molecule has 0 saturated heterocycles. The molecule has 0 N–H and O–H groups in total. The van der Waals surface area contributed by atoms with E-state index in [9.17, 15) is 9.13 Å². The van der Waals surface area contributed by atoms with Crippen molar-refractivity contribution in [3.8, 4) is 0 Å². The highest BCUT2D eigenvalue weighted by Gasteiger charge is 2.46. The van der Waals surface area contributed by atoms with Gasteiger partial charge in [-0.2, -0.15) is 0 Å². The van der Waals surface area contributed by atoms with Crippen LogP contribution in [0.25, 0.3) is 0 Å². The molecular weight excluding hydrogens is 353 g/mol. The van der Waals surface area contributed by atoms with Crippen LogP contribution >= 0.6 is 7.68 Å². The van der Waals surface area contributed by atoms with E-state index >= 15 is 0 Å². The summed E-state index contributed by atoms with van der Waals surface area (Å²) in [5.41, 5.74) is 0. The van der Waals surface area contributed by atoms with Crippen LogP contribution in [0.3, 0.4) is 0 Å². The first-order valence-corrected chi connectivity index (χ1v) is 12.6. The van der Waals surface area contributed by atoms with Crippen molar-refractivity contribution < 1.29 is 13.6 Å². The molecule has 0 spiro atoms. The summed E-state index contributed by atoms with van der Waals surface area (Å²) < 4.78 is 24.3. The SMILES string of the molecule is CCCCCCCCCCCCC=CCCCC(CC)(P(=O)=O)[N+](C)(C)C. The molecule has 1 atom stereocenters. The number of hydrogen-bond acceptors (Lipinski definition) is 2. The van der Waals surface area contributed by atoms with Crippen LogP contribution in [0.1, 0.15) is 110 Å². The molecule has 0 radical (unpaired) electrons. The zero-order valence-corrected chi connectivity index (χ0v) is 19.9. The molecule has 0 bridgehead atoms. The number of nitrogens with zero attached hydrogens (tertiary/aromatic N) is 1. The van der Waals surface area contributed by atoms with Crippen molar-refractivity contribution in [2.24, 2.45) is 0 Å². The summed E-state index contributed by atoms with van der Waals surface area (Å²) >= 11 is 0. The van der Waals surface area contributed by atoms with Crippen molar-refractivity contribution in [1.82, 2.24) is 0 Å². The molecule has 0 aromatic rings. The largest absolute Gasteiger partial charge is 0.378 e. The fourth-order valence-corrected chi connectivity index (χ4v) is 5.03. The van der Waals surface area contributed by atoms with Gasteiger partial charge in [-0.3, -0.25) is 0 Å². The first-order valence-electron chi connectivity index (χ1n) is 11.4. The molecule has 0 aliphatic heterocycles. The predicted molar refractivity (Wildman–Crippen MR) is 119 cm³/mol. The summed E-state index contributed by atoms with van der Waals surface area (Å²) in [4.78, 5) is 0. The van der Waals surface area contributed by atoms with Gasteiger partial charge >= 0.3 is 7.68 Å². The molecule has 4 heteroatoms. The van der Waals surface area contributed by atoms with Crippen LogP contribution in [0.5, 0.6) is 0 Å². The van der Waals surface area contributed by atoms with Crippen molar-refractivity contribution >= 4 is 7.68 Å². The number of rotatable bonds is 18. The molecule has 160 valence electrons. The molecule has 0 saturated carbocycles. The molecule has 0 amide bonds. The van der Waals surface area contributed by atoms with Crippen molar-refractivity contribution in [3.63, 3.8) is 0 Å². The minimum absolute atomic E-state index is 0.491. The van der Waals surface area contributed by atoms with Crippen molar-refractivity contribution in [2.75, 3.05) is 21.1 Å². The standard InChI is InChI=1S/C23H47NO2P/c1-6-8-9-10-11-12-13-14-15-16-17-18-19-20-21-22-23(7-2,27(25)26)24(3,4)5/h18-19H,6-17,20-22H2,1-5H3/q+1. The molecular formula is C23H47NO2P+. The molecule has 27 heavy (non-hydrogen) atoms. The van der Waals surface area contributed by atoms with Crippen molar-refractivity contribution in [2.45, 2.75) is 115 Å². The van der Waals surface area contributed by atoms with Gasteiger partial charge in [-0.1, -0.05) is 83.8 Å². The van der Waals surface area contributed by atoms with Gasteiger partial charge in [0.15, 0.2) is 0 Å². The van der Waals surface area contributed by atoms with Gasteiger partial charge in [-0.15, -0.1) is 0 Å². The minimum atomic E-state index is -2.43. The Morgan fingerprint density at radius 1 is 0.704 bits per heavy atom. The summed E-state index contributed by atoms with van der Waals surface area (Å²) in [6, 6.07) is 0. The Labute approximate surface area is 170 Å².